The normalized spacial score (nSPS) is 21.1. The minimum Gasteiger partial charge on any atom is -0.353 e. The highest BCUT2D eigenvalue weighted by molar-refractivity contribution is 5.79. The fraction of sp³-hybridized carbons (Fsp3) is 0.522. The molecule has 1 unspecified atom stereocenters. The smallest absolute Gasteiger partial charge is 0.225 e. The van der Waals surface area contributed by atoms with Gasteiger partial charge in [-0.2, -0.15) is 0 Å². The van der Waals surface area contributed by atoms with Crippen molar-refractivity contribution in [2.45, 2.75) is 45.2 Å². The Hall–Kier alpha value is -2.47. The number of carbonyl (C=O) groups is 1. The molecule has 1 aromatic heterocycles. The fourth-order valence-corrected chi connectivity index (χ4v) is 4.45. The number of amides is 1. The van der Waals surface area contributed by atoms with E-state index in [4.69, 9.17) is 0 Å². The Morgan fingerprint density at radius 3 is 2.66 bits per heavy atom. The van der Waals surface area contributed by atoms with Gasteiger partial charge >= 0.3 is 0 Å². The van der Waals surface area contributed by atoms with Gasteiger partial charge in [0.05, 0.1) is 5.92 Å². The first-order chi connectivity index (χ1) is 14.2. The van der Waals surface area contributed by atoms with E-state index < -0.39 is 0 Å². The third-order valence-electron chi connectivity index (χ3n) is 6.05. The highest BCUT2D eigenvalue weighted by atomic mass is 16.2. The Bertz CT molecular complexity index is 804. The molecule has 1 N–H and O–H groups in total. The van der Waals surface area contributed by atoms with Gasteiger partial charge in [-0.25, -0.2) is 9.97 Å². The number of likely N-dealkylation sites (tertiary alicyclic amines) is 1. The van der Waals surface area contributed by atoms with Crippen molar-refractivity contribution in [3.63, 3.8) is 0 Å². The Labute approximate surface area is 173 Å². The van der Waals surface area contributed by atoms with Crippen molar-refractivity contribution in [3.8, 4) is 0 Å². The van der Waals surface area contributed by atoms with Crippen LogP contribution in [-0.4, -0.2) is 53.0 Å². The first-order valence-corrected chi connectivity index (χ1v) is 10.8. The van der Waals surface area contributed by atoms with E-state index >= 15 is 0 Å². The van der Waals surface area contributed by atoms with E-state index in [1.54, 1.807) is 12.4 Å². The van der Waals surface area contributed by atoms with Crippen molar-refractivity contribution in [1.82, 2.24) is 20.2 Å². The Kier molecular flexibility index (Phi) is 6.39. The molecule has 0 radical (unpaired) electrons. The van der Waals surface area contributed by atoms with E-state index in [0.717, 1.165) is 57.8 Å². The Morgan fingerprint density at radius 1 is 1.10 bits per heavy atom. The van der Waals surface area contributed by atoms with E-state index in [1.165, 1.54) is 11.1 Å². The first-order valence-electron chi connectivity index (χ1n) is 10.8. The van der Waals surface area contributed by atoms with Gasteiger partial charge in [-0.3, -0.25) is 9.69 Å². The molecule has 2 fully saturated rings. The Morgan fingerprint density at radius 2 is 1.90 bits per heavy atom. The summed E-state index contributed by atoms with van der Waals surface area (Å²) in [5.74, 6) is 0.954. The number of aromatic nitrogens is 2. The zero-order valence-electron chi connectivity index (χ0n) is 17.3. The molecule has 0 saturated carbocycles. The molecule has 1 atom stereocenters. The van der Waals surface area contributed by atoms with E-state index in [2.05, 4.69) is 56.3 Å². The van der Waals surface area contributed by atoms with Crippen molar-refractivity contribution in [1.29, 1.82) is 0 Å². The summed E-state index contributed by atoms with van der Waals surface area (Å²) in [5.41, 5.74) is 2.69. The molecular formula is C23H31N5O. The van der Waals surface area contributed by atoms with Crippen LogP contribution in [0.1, 0.15) is 36.8 Å². The number of benzene rings is 1. The van der Waals surface area contributed by atoms with Crippen LogP contribution in [0.3, 0.4) is 0 Å². The standard InChI is InChI=1S/C23H31N5O/c1-18-5-2-6-19(15-18)16-27-13-8-21(9-14-27)26-22(29)20-7-3-12-28(17-20)23-24-10-4-11-25-23/h2,4-6,10-11,15,20-21H,3,7-9,12-14,16-17H2,1H3,(H,26,29). The van der Waals surface area contributed by atoms with Crippen LogP contribution in [0.2, 0.25) is 0 Å². The third-order valence-corrected chi connectivity index (χ3v) is 6.05. The summed E-state index contributed by atoms with van der Waals surface area (Å²) in [4.78, 5) is 26.2. The van der Waals surface area contributed by atoms with Gasteiger partial charge in [0.15, 0.2) is 0 Å². The first kappa shape index (κ1) is 19.8. The molecule has 6 heteroatoms. The maximum atomic E-state index is 12.9. The zero-order valence-corrected chi connectivity index (χ0v) is 17.3. The lowest BCUT2D eigenvalue weighted by Crippen LogP contribution is -2.49. The van der Waals surface area contributed by atoms with Crippen molar-refractivity contribution in [2.75, 3.05) is 31.1 Å². The van der Waals surface area contributed by atoms with E-state index in [1.807, 2.05) is 6.07 Å². The van der Waals surface area contributed by atoms with Crippen LogP contribution in [0, 0.1) is 12.8 Å². The minimum absolute atomic E-state index is 0.0258. The second kappa shape index (κ2) is 9.35. The minimum atomic E-state index is 0.0258. The van der Waals surface area contributed by atoms with Crippen molar-refractivity contribution in [2.24, 2.45) is 5.92 Å². The zero-order chi connectivity index (χ0) is 20.1. The molecule has 2 aromatic rings. The number of rotatable bonds is 5. The van der Waals surface area contributed by atoms with Crippen molar-refractivity contribution in [3.05, 3.63) is 53.9 Å². The second-order valence-corrected chi connectivity index (χ2v) is 8.38. The van der Waals surface area contributed by atoms with Crippen LogP contribution >= 0.6 is 0 Å². The van der Waals surface area contributed by atoms with Crippen LogP contribution in [0.4, 0.5) is 5.95 Å². The lowest BCUT2D eigenvalue weighted by Gasteiger charge is -2.35. The fourth-order valence-electron chi connectivity index (χ4n) is 4.45. The average Bonchev–Trinajstić information content (AvgIpc) is 2.76. The summed E-state index contributed by atoms with van der Waals surface area (Å²) in [6.45, 7) is 6.84. The average molecular weight is 394 g/mol. The summed E-state index contributed by atoms with van der Waals surface area (Å²) in [5, 5.41) is 3.32. The van der Waals surface area contributed by atoms with Gasteiger partial charge in [0.1, 0.15) is 0 Å². The lowest BCUT2D eigenvalue weighted by molar-refractivity contribution is -0.126. The van der Waals surface area contributed by atoms with E-state index in [-0.39, 0.29) is 11.8 Å². The maximum Gasteiger partial charge on any atom is 0.225 e. The molecule has 1 aromatic carbocycles. The molecule has 0 aliphatic carbocycles. The highest BCUT2D eigenvalue weighted by Gasteiger charge is 2.29. The summed E-state index contributed by atoms with van der Waals surface area (Å²) < 4.78 is 0. The van der Waals surface area contributed by atoms with Crippen LogP contribution in [0.15, 0.2) is 42.7 Å². The largest absolute Gasteiger partial charge is 0.353 e. The third kappa shape index (κ3) is 5.32. The Balaban J connectivity index is 1.24. The van der Waals surface area contributed by atoms with Gasteiger partial charge in [0.25, 0.3) is 0 Å². The molecule has 2 saturated heterocycles. The quantitative estimate of drug-likeness (QED) is 0.846. The van der Waals surface area contributed by atoms with Gasteiger partial charge in [-0.15, -0.1) is 0 Å². The van der Waals surface area contributed by atoms with Gasteiger partial charge in [-0.05, 0) is 44.2 Å². The SMILES string of the molecule is Cc1cccc(CN2CCC(NC(=O)C3CCCN(c4ncccn4)C3)CC2)c1. The number of nitrogens with one attached hydrogen (secondary N) is 1. The monoisotopic (exact) mass is 393 g/mol. The maximum absolute atomic E-state index is 12.9. The second-order valence-electron chi connectivity index (χ2n) is 8.38. The van der Waals surface area contributed by atoms with Gasteiger partial charge in [0, 0.05) is 51.2 Å². The lowest BCUT2D eigenvalue weighted by atomic mass is 9.96. The van der Waals surface area contributed by atoms with E-state index in [0.29, 0.717) is 12.6 Å². The summed E-state index contributed by atoms with van der Waals surface area (Å²) >= 11 is 0. The van der Waals surface area contributed by atoms with Gasteiger partial charge in [-0.1, -0.05) is 29.8 Å². The molecule has 1 amide bonds. The summed E-state index contributed by atoms with van der Waals surface area (Å²) in [6, 6.07) is 10.8. The predicted molar refractivity (Wildman–Crippen MR) is 115 cm³/mol. The number of hydrogen-bond donors (Lipinski definition) is 1. The van der Waals surface area contributed by atoms with Crippen molar-refractivity contribution < 1.29 is 4.79 Å². The van der Waals surface area contributed by atoms with Gasteiger partial charge in [0.2, 0.25) is 11.9 Å². The molecule has 0 spiro atoms. The number of aryl methyl sites for hydroxylation is 1. The highest BCUT2D eigenvalue weighted by Crippen LogP contribution is 2.21. The number of piperidine rings is 2. The number of hydrogen-bond acceptors (Lipinski definition) is 5. The summed E-state index contributed by atoms with van der Waals surface area (Å²) in [6.07, 6.45) is 7.52. The molecule has 154 valence electrons. The molecule has 0 bridgehead atoms. The number of carbonyl (C=O) groups excluding carboxylic acids is 1. The number of anilines is 1. The van der Waals surface area contributed by atoms with Crippen LogP contribution in [-0.2, 0) is 11.3 Å². The molecule has 2 aliphatic rings. The van der Waals surface area contributed by atoms with Gasteiger partial charge < -0.3 is 10.2 Å². The molecule has 2 aliphatic heterocycles. The molecule has 4 rings (SSSR count). The predicted octanol–water partition coefficient (Wildman–Crippen LogP) is 2.78. The molecule has 6 nitrogen and oxygen atoms in total. The van der Waals surface area contributed by atoms with E-state index in [9.17, 15) is 4.79 Å². The molecule has 29 heavy (non-hydrogen) atoms. The molecular weight excluding hydrogens is 362 g/mol. The topological polar surface area (TPSA) is 61.4 Å². The van der Waals surface area contributed by atoms with Crippen molar-refractivity contribution >= 4 is 11.9 Å². The van der Waals surface area contributed by atoms with Crippen LogP contribution in [0.25, 0.3) is 0 Å². The van der Waals surface area contributed by atoms with Crippen LogP contribution < -0.4 is 10.2 Å². The molecule has 3 heterocycles. The number of nitrogens with zero attached hydrogens (tertiary/aromatic N) is 4. The van der Waals surface area contributed by atoms with Crippen LogP contribution in [0.5, 0.6) is 0 Å². The summed E-state index contributed by atoms with van der Waals surface area (Å²) in [7, 11) is 0.